The Hall–Kier alpha value is -2.30. The van der Waals surface area contributed by atoms with E-state index in [1.807, 2.05) is 6.07 Å². The highest BCUT2D eigenvalue weighted by Crippen LogP contribution is 2.23. The van der Waals surface area contributed by atoms with Crippen LogP contribution in [0.25, 0.3) is 11.1 Å². The SMILES string of the molecule is CC(C)CCCn1c(O)c(-c2ccccc2)c(=O)[nH]c1=O. The summed E-state index contributed by atoms with van der Waals surface area (Å²) in [5, 5.41) is 10.3. The van der Waals surface area contributed by atoms with Gasteiger partial charge in [-0.1, -0.05) is 44.2 Å². The van der Waals surface area contributed by atoms with Crippen molar-refractivity contribution < 1.29 is 5.11 Å². The lowest BCUT2D eigenvalue weighted by Crippen LogP contribution is -2.31. The highest BCUT2D eigenvalue weighted by atomic mass is 16.3. The van der Waals surface area contributed by atoms with Gasteiger partial charge >= 0.3 is 5.69 Å². The summed E-state index contributed by atoms with van der Waals surface area (Å²) in [6, 6.07) is 8.85. The highest BCUT2D eigenvalue weighted by Gasteiger charge is 2.15. The zero-order chi connectivity index (χ0) is 15.4. The van der Waals surface area contributed by atoms with Crippen LogP contribution in [-0.4, -0.2) is 14.7 Å². The predicted octanol–water partition coefficient (Wildman–Crippen LogP) is 2.35. The molecule has 2 N–H and O–H groups in total. The fraction of sp³-hybridized carbons (Fsp3) is 0.375. The third-order valence-electron chi connectivity index (χ3n) is 3.40. The molecule has 0 aliphatic rings. The third kappa shape index (κ3) is 3.42. The van der Waals surface area contributed by atoms with Gasteiger partial charge in [-0.2, -0.15) is 0 Å². The number of rotatable bonds is 5. The first-order valence-electron chi connectivity index (χ1n) is 7.12. The quantitative estimate of drug-likeness (QED) is 0.886. The van der Waals surface area contributed by atoms with Crippen LogP contribution < -0.4 is 11.2 Å². The molecule has 1 aromatic carbocycles. The zero-order valence-electron chi connectivity index (χ0n) is 12.3. The molecule has 0 bridgehead atoms. The van der Waals surface area contributed by atoms with Crippen molar-refractivity contribution in [3.05, 3.63) is 51.2 Å². The van der Waals surface area contributed by atoms with Crippen LogP contribution in [0.15, 0.2) is 39.9 Å². The van der Waals surface area contributed by atoms with Gasteiger partial charge in [-0.05, 0) is 24.3 Å². The second-order valence-corrected chi connectivity index (χ2v) is 5.51. The second kappa shape index (κ2) is 6.43. The molecule has 0 fully saturated rings. The predicted molar refractivity (Wildman–Crippen MR) is 82.5 cm³/mol. The van der Waals surface area contributed by atoms with Crippen molar-refractivity contribution in [2.24, 2.45) is 5.92 Å². The number of nitrogens with zero attached hydrogens (tertiary/aromatic N) is 1. The van der Waals surface area contributed by atoms with Crippen molar-refractivity contribution in [1.82, 2.24) is 9.55 Å². The number of nitrogens with one attached hydrogen (secondary N) is 1. The summed E-state index contributed by atoms with van der Waals surface area (Å²) in [6.45, 7) is 4.59. The van der Waals surface area contributed by atoms with Gasteiger partial charge in [0, 0.05) is 6.54 Å². The van der Waals surface area contributed by atoms with Gasteiger partial charge in [0.2, 0.25) is 5.88 Å². The fourth-order valence-electron chi connectivity index (χ4n) is 2.29. The smallest absolute Gasteiger partial charge is 0.331 e. The van der Waals surface area contributed by atoms with Gasteiger partial charge in [0.15, 0.2) is 0 Å². The zero-order valence-corrected chi connectivity index (χ0v) is 12.3. The molecule has 5 heteroatoms. The Morgan fingerprint density at radius 1 is 1.19 bits per heavy atom. The minimum atomic E-state index is -0.569. The number of aromatic amines is 1. The van der Waals surface area contributed by atoms with E-state index < -0.39 is 11.2 Å². The van der Waals surface area contributed by atoms with Gasteiger partial charge in [0.1, 0.15) is 5.56 Å². The van der Waals surface area contributed by atoms with Gasteiger partial charge in [0.05, 0.1) is 0 Å². The molecule has 5 nitrogen and oxygen atoms in total. The monoisotopic (exact) mass is 288 g/mol. The van der Waals surface area contributed by atoms with Crippen LogP contribution in [0.4, 0.5) is 0 Å². The van der Waals surface area contributed by atoms with Crippen molar-refractivity contribution >= 4 is 0 Å². The Morgan fingerprint density at radius 2 is 1.86 bits per heavy atom. The van der Waals surface area contributed by atoms with Crippen LogP contribution >= 0.6 is 0 Å². The Morgan fingerprint density at radius 3 is 2.48 bits per heavy atom. The maximum atomic E-state index is 12.0. The molecular formula is C16H20N2O3. The van der Waals surface area contributed by atoms with Crippen LogP contribution in [0.5, 0.6) is 5.88 Å². The molecule has 0 radical (unpaired) electrons. The Balaban J connectivity index is 2.44. The lowest BCUT2D eigenvalue weighted by Gasteiger charge is -2.12. The van der Waals surface area contributed by atoms with Gasteiger partial charge in [-0.15, -0.1) is 0 Å². The van der Waals surface area contributed by atoms with E-state index in [1.54, 1.807) is 24.3 Å². The van der Waals surface area contributed by atoms with Crippen molar-refractivity contribution in [1.29, 1.82) is 0 Å². The number of hydrogen-bond donors (Lipinski definition) is 2. The summed E-state index contributed by atoms with van der Waals surface area (Å²) in [4.78, 5) is 26.1. The van der Waals surface area contributed by atoms with Crippen molar-refractivity contribution in [2.75, 3.05) is 0 Å². The molecule has 0 saturated heterocycles. The Bertz CT molecular complexity index is 715. The van der Waals surface area contributed by atoms with E-state index in [9.17, 15) is 14.7 Å². The van der Waals surface area contributed by atoms with Crippen LogP contribution in [-0.2, 0) is 6.54 Å². The Labute approximate surface area is 122 Å². The van der Waals surface area contributed by atoms with Crippen LogP contribution in [0.3, 0.4) is 0 Å². The molecule has 0 spiro atoms. The summed E-state index contributed by atoms with van der Waals surface area (Å²) >= 11 is 0. The van der Waals surface area contributed by atoms with Gasteiger partial charge in [0.25, 0.3) is 5.56 Å². The van der Waals surface area contributed by atoms with Crippen molar-refractivity contribution in [3.8, 4) is 17.0 Å². The summed E-state index contributed by atoms with van der Waals surface area (Å²) in [7, 11) is 0. The first-order chi connectivity index (χ1) is 10.0. The molecule has 1 aromatic heterocycles. The standard InChI is InChI=1S/C16H20N2O3/c1-11(2)7-6-10-18-15(20)13(14(19)17-16(18)21)12-8-4-3-5-9-12/h3-5,8-9,11,20H,6-7,10H2,1-2H3,(H,17,19,21). The first-order valence-corrected chi connectivity index (χ1v) is 7.12. The average molecular weight is 288 g/mol. The van der Waals surface area contributed by atoms with Crippen LogP contribution in [0, 0.1) is 5.92 Å². The largest absolute Gasteiger partial charge is 0.494 e. The molecule has 0 aliphatic carbocycles. The van der Waals surface area contributed by atoms with E-state index in [4.69, 9.17) is 0 Å². The van der Waals surface area contributed by atoms with E-state index >= 15 is 0 Å². The summed E-state index contributed by atoms with van der Waals surface area (Å²) in [5.74, 6) is 0.262. The van der Waals surface area contributed by atoms with E-state index in [0.29, 0.717) is 18.0 Å². The fourth-order valence-corrected chi connectivity index (χ4v) is 2.29. The van der Waals surface area contributed by atoms with E-state index in [2.05, 4.69) is 18.8 Å². The molecule has 0 saturated carbocycles. The molecule has 1 heterocycles. The van der Waals surface area contributed by atoms with E-state index in [-0.39, 0.29) is 11.4 Å². The topological polar surface area (TPSA) is 75.1 Å². The van der Waals surface area contributed by atoms with E-state index in [0.717, 1.165) is 12.8 Å². The second-order valence-electron chi connectivity index (χ2n) is 5.51. The van der Waals surface area contributed by atoms with Crippen molar-refractivity contribution in [2.45, 2.75) is 33.2 Å². The molecule has 0 aliphatic heterocycles. The highest BCUT2D eigenvalue weighted by molar-refractivity contribution is 5.67. The Kier molecular flexibility index (Phi) is 4.62. The lowest BCUT2D eigenvalue weighted by molar-refractivity contribution is 0.390. The molecule has 2 aromatic rings. The molecule has 0 amide bonds. The van der Waals surface area contributed by atoms with Gasteiger partial charge < -0.3 is 5.11 Å². The van der Waals surface area contributed by atoms with E-state index in [1.165, 1.54) is 4.57 Å². The normalized spacial score (nSPS) is 11.0. The molecule has 21 heavy (non-hydrogen) atoms. The molecule has 0 unspecified atom stereocenters. The molecule has 2 rings (SSSR count). The van der Waals surface area contributed by atoms with Crippen LogP contribution in [0.2, 0.25) is 0 Å². The summed E-state index contributed by atoms with van der Waals surface area (Å²) in [6.07, 6.45) is 1.72. The number of hydrogen-bond acceptors (Lipinski definition) is 3. The van der Waals surface area contributed by atoms with Crippen LogP contribution in [0.1, 0.15) is 26.7 Å². The minimum Gasteiger partial charge on any atom is -0.494 e. The summed E-state index contributed by atoms with van der Waals surface area (Å²) in [5.41, 5.74) is -0.404. The number of H-pyrrole nitrogens is 1. The number of aromatic nitrogens is 2. The summed E-state index contributed by atoms with van der Waals surface area (Å²) < 4.78 is 1.23. The molecular weight excluding hydrogens is 268 g/mol. The maximum absolute atomic E-state index is 12.0. The van der Waals surface area contributed by atoms with Gasteiger partial charge in [-0.25, -0.2) is 4.79 Å². The molecule has 112 valence electrons. The van der Waals surface area contributed by atoms with Gasteiger partial charge in [-0.3, -0.25) is 14.3 Å². The molecule has 0 atom stereocenters. The van der Waals surface area contributed by atoms with Crippen molar-refractivity contribution in [3.63, 3.8) is 0 Å². The maximum Gasteiger partial charge on any atom is 0.331 e. The number of benzene rings is 1. The average Bonchev–Trinajstić information content (AvgIpc) is 2.43. The first kappa shape index (κ1) is 15.1. The number of aromatic hydroxyl groups is 1. The third-order valence-corrected chi connectivity index (χ3v) is 3.40. The lowest BCUT2D eigenvalue weighted by atomic mass is 10.1. The minimum absolute atomic E-state index is 0.139.